The summed E-state index contributed by atoms with van der Waals surface area (Å²) in [5.41, 5.74) is 2.23. The van der Waals surface area contributed by atoms with Crippen molar-refractivity contribution in [3.8, 4) is 5.75 Å². The molecule has 2 unspecified atom stereocenters. The number of hydrogen-bond donors (Lipinski definition) is 1. The molecule has 2 heterocycles. The Morgan fingerprint density at radius 1 is 1.14 bits per heavy atom. The average Bonchev–Trinajstić information content (AvgIpc) is 3.45. The first kappa shape index (κ1) is 29.4. The highest BCUT2D eigenvalue weighted by Crippen LogP contribution is 2.42. The van der Waals surface area contributed by atoms with Gasteiger partial charge in [-0.3, -0.25) is 14.5 Å². The fourth-order valence-electron chi connectivity index (χ4n) is 6.15. The van der Waals surface area contributed by atoms with E-state index < -0.39 is 11.9 Å². The van der Waals surface area contributed by atoms with E-state index in [0.717, 1.165) is 75.9 Å². The van der Waals surface area contributed by atoms with Crippen LogP contribution in [0.3, 0.4) is 0 Å². The second kappa shape index (κ2) is 14.1. The van der Waals surface area contributed by atoms with Crippen LogP contribution in [0, 0.1) is 11.8 Å². The molecule has 0 aromatic heterocycles. The summed E-state index contributed by atoms with van der Waals surface area (Å²) in [7, 11) is 4.11. The Kier molecular flexibility index (Phi) is 11.3. The van der Waals surface area contributed by atoms with Gasteiger partial charge in [0.1, 0.15) is 5.75 Å². The number of ether oxygens (including phenoxy) is 1. The summed E-state index contributed by atoms with van der Waals surface area (Å²) < 4.78 is 5.69. The Balaban J connectivity index is 1.84. The maximum Gasteiger partial charge on any atom is 0.308 e. The molecule has 1 N–H and O–H groups in total. The van der Waals surface area contributed by atoms with E-state index in [0.29, 0.717) is 25.6 Å². The SMILES string of the molecule is CCCCN(CCCN(C)C)C(=O)CN1C[C@H](c2ccc3c(c2)CCO3)C(C(=O)O)[C@@H]1CC(C)CCC. The molecule has 3 rings (SSSR count). The first-order chi connectivity index (χ1) is 17.7. The molecule has 1 aromatic carbocycles. The summed E-state index contributed by atoms with van der Waals surface area (Å²) in [5, 5.41) is 10.4. The molecule has 0 saturated carbocycles. The van der Waals surface area contributed by atoms with Crippen molar-refractivity contribution in [2.75, 3.05) is 53.4 Å². The first-order valence-electron chi connectivity index (χ1n) is 14.4. The number of carbonyl (C=O) groups excluding carboxylic acids is 1. The highest BCUT2D eigenvalue weighted by atomic mass is 16.5. The van der Waals surface area contributed by atoms with Crippen molar-refractivity contribution in [1.29, 1.82) is 0 Å². The van der Waals surface area contributed by atoms with E-state index in [2.05, 4.69) is 50.7 Å². The van der Waals surface area contributed by atoms with Gasteiger partial charge in [-0.25, -0.2) is 0 Å². The van der Waals surface area contributed by atoms with Gasteiger partial charge in [-0.15, -0.1) is 0 Å². The molecule has 0 aliphatic carbocycles. The van der Waals surface area contributed by atoms with Crippen LogP contribution in [-0.2, 0) is 16.0 Å². The molecule has 37 heavy (non-hydrogen) atoms. The molecular weight excluding hydrogens is 466 g/mol. The molecule has 0 radical (unpaired) electrons. The van der Waals surface area contributed by atoms with Gasteiger partial charge in [-0.05, 0) is 63.0 Å². The Bertz CT molecular complexity index is 890. The van der Waals surface area contributed by atoms with Crippen LogP contribution in [0.5, 0.6) is 5.75 Å². The number of likely N-dealkylation sites (tertiary alicyclic amines) is 1. The molecule has 0 spiro atoms. The Morgan fingerprint density at radius 2 is 1.89 bits per heavy atom. The summed E-state index contributed by atoms with van der Waals surface area (Å²) in [6, 6.07) is 6.04. The van der Waals surface area contributed by atoms with Gasteiger partial charge in [0.25, 0.3) is 0 Å². The summed E-state index contributed by atoms with van der Waals surface area (Å²) in [5.74, 6) is 0.0563. The largest absolute Gasteiger partial charge is 0.493 e. The molecular formula is C30H49N3O4. The maximum atomic E-state index is 13.6. The van der Waals surface area contributed by atoms with Crippen LogP contribution < -0.4 is 4.74 Å². The summed E-state index contributed by atoms with van der Waals surface area (Å²) >= 11 is 0. The topological polar surface area (TPSA) is 73.3 Å². The van der Waals surface area contributed by atoms with Crippen LogP contribution in [0.2, 0.25) is 0 Å². The van der Waals surface area contributed by atoms with E-state index in [-0.39, 0.29) is 17.9 Å². The van der Waals surface area contributed by atoms with Crippen LogP contribution >= 0.6 is 0 Å². The van der Waals surface area contributed by atoms with Crippen LogP contribution in [-0.4, -0.2) is 91.2 Å². The number of fused-ring (bicyclic) bond motifs is 1. The Hall–Kier alpha value is -2.12. The Morgan fingerprint density at radius 3 is 2.57 bits per heavy atom. The smallest absolute Gasteiger partial charge is 0.308 e. The van der Waals surface area contributed by atoms with Gasteiger partial charge < -0.3 is 19.6 Å². The molecule has 2 aliphatic heterocycles. The number of nitrogens with zero attached hydrogens (tertiary/aromatic N) is 3. The first-order valence-corrected chi connectivity index (χ1v) is 14.4. The molecule has 0 bridgehead atoms. The van der Waals surface area contributed by atoms with Crippen LogP contribution in [0.25, 0.3) is 0 Å². The number of carboxylic acid groups (broad SMARTS) is 1. The lowest BCUT2D eigenvalue weighted by atomic mass is 9.81. The van der Waals surface area contributed by atoms with Gasteiger partial charge in [-0.1, -0.05) is 52.2 Å². The molecule has 1 fully saturated rings. The number of carbonyl (C=O) groups is 2. The van der Waals surface area contributed by atoms with Crippen molar-refractivity contribution in [1.82, 2.24) is 14.7 Å². The average molecular weight is 516 g/mol. The minimum atomic E-state index is -0.751. The third kappa shape index (κ3) is 7.93. The molecule has 2 aliphatic rings. The molecule has 7 heteroatoms. The monoisotopic (exact) mass is 515 g/mol. The number of benzene rings is 1. The number of rotatable bonds is 15. The lowest BCUT2D eigenvalue weighted by Gasteiger charge is -2.31. The maximum absolute atomic E-state index is 13.6. The van der Waals surface area contributed by atoms with Crippen LogP contribution in [0.1, 0.15) is 76.3 Å². The lowest BCUT2D eigenvalue weighted by molar-refractivity contribution is -0.144. The van der Waals surface area contributed by atoms with Gasteiger partial charge in [-0.2, -0.15) is 0 Å². The van der Waals surface area contributed by atoms with E-state index in [4.69, 9.17) is 4.74 Å². The van der Waals surface area contributed by atoms with Crippen molar-refractivity contribution < 1.29 is 19.4 Å². The summed E-state index contributed by atoms with van der Waals surface area (Å²) in [6.07, 6.45) is 6.79. The zero-order valence-electron chi connectivity index (χ0n) is 23.7. The lowest BCUT2D eigenvalue weighted by Crippen LogP contribution is -2.45. The van der Waals surface area contributed by atoms with E-state index in [1.165, 1.54) is 5.56 Å². The predicted molar refractivity (Wildman–Crippen MR) is 148 cm³/mol. The molecule has 1 aromatic rings. The van der Waals surface area contributed by atoms with E-state index in [1.54, 1.807) is 0 Å². The zero-order valence-corrected chi connectivity index (χ0v) is 23.7. The number of hydrogen-bond acceptors (Lipinski definition) is 5. The van der Waals surface area contributed by atoms with Gasteiger partial charge in [0, 0.05) is 38.0 Å². The number of amides is 1. The minimum absolute atomic E-state index is 0.132. The fraction of sp³-hybridized carbons (Fsp3) is 0.733. The minimum Gasteiger partial charge on any atom is -0.493 e. The summed E-state index contributed by atoms with van der Waals surface area (Å²) in [4.78, 5) is 32.7. The normalized spacial score (nSPS) is 22.2. The molecule has 4 atom stereocenters. The van der Waals surface area contributed by atoms with Gasteiger partial charge in [0.15, 0.2) is 0 Å². The third-order valence-corrected chi connectivity index (χ3v) is 8.11. The van der Waals surface area contributed by atoms with Crippen molar-refractivity contribution in [3.63, 3.8) is 0 Å². The third-order valence-electron chi connectivity index (χ3n) is 8.11. The zero-order chi connectivity index (χ0) is 26.9. The van der Waals surface area contributed by atoms with Crippen LogP contribution in [0.15, 0.2) is 18.2 Å². The van der Waals surface area contributed by atoms with Gasteiger partial charge in [0.2, 0.25) is 5.91 Å². The highest BCUT2D eigenvalue weighted by Gasteiger charge is 2.47. The van der Waals surface area contributed by atoms with Crippen molar-refractivity contribution in [2.24, 2.45) is 11.8 Å². The summed E-state index contributed by atoms with van der Waals surface area (Å²) in [6.45, 7) is 10.6. The highest BCUT2D eigenvalue weighted by molar-refractivity contribution is 5.79. The molecule has 7 nitrogen and oxygen atoms in total. The van der Waals surface area contributed by atoms with Crippen molar-refractivity contribution in [3.05, 3.63) is 29.3 Å². The molecule has 208 valence electrons. The number of unbranched alkanes of at least 4 members (excludes halogenated alkanes) is 1. The standard InChI is InChI=1S/C30H49N3O4/c1-6-8-15-32(16-9-14-31(4)5)28(34)21-33-20-25(23-11-12-27-24(19-23)13-17-37-27)29(30(35)36)26(33)18-22(3)10-7-2/h11-12,19,22,25-26,29H,6-10,13-18,20-21H2,1-5H3,(H,35,36)/t22?,25-,26+,29?/m1/s1. The van der Waals surface area contributed by atoms with Crippen molar-refractivity contribution in [2.45, 2.75) is 77.7 Å². The van der Waals surface area contributed by atoms with E-state index in [9.17, 15) is 14.7 Å². The number of aliphatic carboxylic acids is 1. The second-order valence-electron chi connectivity index (χ2n) is 11.5. The number of carboxylic acids is 1. The van der Waals surface area contributed by atoms with E-state index >= 15 is 0 Å². The second-order valence-corrected chi connectivity index (χ2v) is 11.5. The Labute approximate surface area is 224 Å². The quantitative estimate of drug-likeness (QED) is 0.371. The molecule has 1 amide bonds. The van der Waals surface area contributed by atoms with Gasteiger partial charge in [0.05, 0.1) is 19.1 Å². The van der Waals surface area contributed by atoms with E-state index in [1.807, 2.05) is 17.0 Å². The van der Waals surface area contributed by atoms with Crippen molar-refractivity contribution >= 4 is 11.9 Å². The van der Waals surface area contributed by atoms with Gasteiger partial charge >= 0.3 is 5.97 Å². The fourth-order valence-corrected chi connectivity index (χ4v) is 6.15. The van der Waals surface area contributed by atoms with Crippen LogP contribution in [0.4, 0.5) is 0 Å². The predicted octanol–water partition coefficient (Wildman–Crippen LogP) is 4.50. The molecule has 1 saturated heterocycles.